The highest BCUT2D eigenvalue weighted by molar-refractivity contribution is 6.97. The predicted molar refractivity (Wildman–Crippen MR) is 82.3 cm³/mol. The standard InChI is InChI=1S/C16H23OSi/c1-11(17)9-8-10-18(6,7)16-14(4)12(2)13(3)15(16)5/h9,17H,1-7H3/q-1. The Morgan fingerprint density at radius 2 is 1.78 bits per heavy atom. The Hall–Kier alpha value is -1.33. The lowest BCUT2D eigenvalue weighted by molar-refractivity contribution is 0.415. The summed E-state index contributed by atoms with van der Waals surface area (Å²) < 4.78 is 0. The van der Waals surface area contributed by atoms with E-state index in [0.29, 0.717) is 0 Å². The van der Waals surface area contributed by atoms with E-state index >= 15 is 0 Å². The Kier molecular flexibility index (Phi) is 4.19. The molecule has 0 spiro atoms. The highest BCUT2D eigenvalue weighted by atomic mass is 28.3. The van der Waals surface area contributed by atoms with E-state index in [4.69, 9.17) is 5.11 Å². The molecule has 0 radical (unpaired) electrons. The van der Waals surface area contributed by atoms with E-state index in [9.17, 15) is 0 Å². The summed E-state index contributed by atoms with van der Waals surface area (Å²) in [6.45, 7) is 15.0. The average molecular weight is 259 g/mol. The topological polar surface area (TPSA) is 20.2 Å². The van der Waals surface area contributed by atoms with Gasteiger partial charge in [0.25, 0.3) is 0 Å². The van der Waals surface area contributed by atoms with Gasteiger partial charge in [-0.1, -0.05) is 46.7 Å². The quantitative estimate of drug-likeness (QED) is 0.354. The van der Waals surface area contributed by atoms with Gasteiger partial charge in [0.1, 0.15) is 0 Å². The van der Waals surface area contributed by atoms with Gasteiger partial charge in [-0.15, -0.1) is 5.54 Å². The second kappa shape index (κ2) is 5.12. The van der Waals surface area contributed by atoms with Crippen molar-refractivity contribution in [3.63, 3.8) is 0 Å². The molecule has 0 bridgehead atoms. The molecular weight excluding hydrogens is 236 g/mol. The molecule has 0 atom stereocenters. The van der Waals surface area contributed by atoms with E-state index in [1.54, 1.807) is 13.0 Å². The van der Waals surface area contributed by atoms with Crippen molar-refractivity contribution in [1.29, 1.82) is 0 Å². The third-order valence-corrected chi connectivity index (χ3v) is 6.50. The summed E-state index contributed by atoms with van der Waals surface area (Å²) in [5, 5.41) is 10.6. The minimum atomic E-state index is -1.76. The van der Waals surface area contributed by atoms with E-state index < -0.39 is 8.07 Å². The van der Waals surface area contributed by atoms with Crippen molar-refractivity contribution in [2.45, 2.75) is 47.7 Å². The largest absolute Gasteiger partial charge is 0.512 e. The molecule has 98 valence electrons. The van der Waals surface area contributed by atoms with Crippen molar-refractivity contribution in [3.8, 4) is 11.5 Å². The molecular formula is C16H23OSi-. The fraction of sp³-hybridized carbons (Fsp3) is 0.438. The van der Waals surface area contributed by atoms with E-state index in [1.165, 1.54) is 27.4 Å². The molecule has 1 N–H and O–H groups in total. The van der Waals surface area contributed by atoms with Gasteiger partial charge >= 0.3 is 0 Å². The number of aliphatic hydroxyl groups is 1. The molecule has 0 aliphatic rings. The van der Waals surface area contributed by atoms with Crippen LogP contribution in [0.5, 0.6) is 0 Å². The fourth-order valence-electron chi connectivity index (χ4n) is 2.54. The van der Waals surface area contributed by atoms with Crippen LogP contribution in [0, 0.1) is 39.2 Å². The minimum absolute atomic E-state index is 0.274. The highest BCUT2D eigenvalue weighted by Gasteiger charge is 2.20. The molecule has 1 nitrogen and oxygen atoms in total. The van der Waals surface area contributed by atoms with Crippen LogP contribution in [-0.2, 0) is 0 Å². The van der Waals surface area contributed by atoms with E-state index in [1.807, 2.05) is 0 Å². The minimum Gasteiger partial charge on any atom is -0.512 e. The molecule has 0 heterocycles. The first-order valence-electron chi connectivity index (χ1n) is 6.30. The number of aliphatic hydroxyl groups excluding tert-OH is 1. The Bertz CT molecular complexity index is 518. The first-order valence-corrected chi connectivity index (χ1v) is 9.30. The number of hydrogen-bond donors (Lipinski definition) is 1. The van der Waals surface area contributed by atoms with Crippen molar-refractivity contribution in [2.75, 3.05) is 0 Å². The molecule has 2 heteroatoms. The third kappa shape index (κ3) is 2.73. The maximum Gasteiger partial charge on any atom is 0.0974 e. The normalized spacial score (nSPS) is 12.3. The van der Waals surface area contributed by atoms with Crippen LogP contribution in [0.1, 0.15) is 29.2 Å². The van der Waals surface area contributed by atoms with Gasteiger partial charge < -0.3 is 5.11 Å². The van der Waals surface area contributed by atoms with Crippen LogP contribution in [0.15, 0.2) is 11.8 Å². The first kappa shape index (κ1) is 14.7. The third-order valence-electron chi connectivity index (χ3n) is 3.73. The Morgan fingerprint density at radius 3 is 2.17 bits per heavy atom. The molecule has 1 rings (SSSR count). The second-order valence-electron chi connectivity index (χ2n) is 5.56. The van der Waals surface area contributed by atoms with Gasteiger partial charge in [-0.25, -0.2) is 0 Å². The monoisotopic (exact) mass is 259 g/mol. The number of allylic oxidation sites excluding steroid dienone is 2. The molecule has 0 saturated carbocycles. The SMILES string of the molecule is CC(O)=CC#C[Si](C)(C)c1c(C)c(C)[c-](C)c1C. The van der Waals surface area contributed by atoms with Crippen LogP contribution in [0.3, 0.4) is 0 Å². The lowest BCUT2D eigenvalue weighted by Gasteiger charge is -2.26. The summed E-state index contributed by atoms with van der Waals surface area (Å²) in [5.74, 6) is 3.28. The van der Waals surface area contributed by atoms with Gasteiger partial charge in [0.05, 0.1) is 13.8 Å². The van der Waals surface area contributed by atoms with Crippen molar-refractivity contribution in [1.82, 2.24) is 0 Å². The van der Waals surface area contributed by atoms with E-state index in [0.717, 1.165) is 0 Å². The lowest BCUT2D eigenvalue weighted by Crippen LogP contribution is -2.42. The zero-order valence-electron chi connectivity index (χ0n) is 12.5. The van der Waals surface area contributed by atoms with Crippen LogP contribution >= 0.6 is 0 Å². The van der Waals surface area contributed by atoms with Crippen LogP contribution in [0.4, 0.5) is 0 Å². The van der Waals surface area contributed by atoms with Crippen LogP contribution < -0.4 is 5.19 Å². The molecule has 0 fully saturated rings. The fourth-order valence-corrected chi connectivity index (χ4v) is 5.35. The molecule has 0 unspecified atom stereocenters. The second-order valence-corrected chi connectivity index (χ2v) is 9.56. The Morgan fingerprint density at radius 1 is 1.22 bits per heavy atom. The average Bonchev–Trinajstić information content (AvgIpc) is 2.42. The summed E-state index contributed by atoms with van der Waals surface area (Å²) in [5.41, 5.74) is 8.99. The molecule has 0 aliphatic heterocycles. The maximum absolute atomic E-state index is 9.15. The molecule has 0 saturated heterocycles. The van der Waals surface area contributed by atoms with Crippen LogP contribution in [-0.4, -0.2) is 13.2 Å². The molecule has 18 heavy (non-hydrogen) atoms. The summed E-state index contributed by atoms with van der Waals surface area (Å²) in [6, 6.07) is 0. The molecule has 0 aliphatic carbocycles. The van der Waals surface area contributed by atoms with E-state index in [-0.39, 0.29) is 5.76 Å². The van der Waals surface area contributed by atoms with Gasteiger partial charge in [-0.05, 0) is 6.92 Å². The molecule has 1 aromatic rings. The maximum atomic E-state index is 9.15. The lowest BCUT2D eigenvalue weighted by atomic mass is 10.2. The summed E-state index contributed by atoms with van der Waals surface area (Å²) in [4.78, 5) is 0. The number of hydrogen-bond acceptors (Lipinski definition) is 1. The number of rotatable bonds is 1. The Balaban J connectivity index is 3.32. The van der Waals surface area contributed by atoms with Gasteiger partial charge in [-0.3, -0.25) is 0 Å². The van der Waals surface area contributed by atoms with Gasteiger partial charge in [-0.2, -0.15) is 27.4 Å². The first-order chi connectivity index (χ1) is 8.18. The molecule has 1 aromatic carbocycles. The smallest absolute Gasteiger partial charge is 0.0974 e. The Labute approximate surface area is 112 Å². The van der Waals surface area contributed by atoms with Crippen LogP contribution in [0.2, 0.25) is 13.1 Å². The summed E-state index contributed by atoms with van der Waals surface area (Å²) in [7, 11) is -1.76. The molecule has 0 amide bonds. The van der Waals surface area contributed by atoms with Gasteiger partial charge in [0.2, 0.25) is 0 Å². The predicted octanol–water partition coefficient (Wildman–Crippen LogP) is 3.56. The van der Waals surface area contributed by atoms with E-state index in [2.05, 4.69) is 52.3 Å². The van der Waals surface area contributed by atoms with Crippen molar-refractivity contribution in [2.24, 2.45) is 0 Å². The summed E-state index contributed by atoms with van der Waals surface area (Å²) in [6.07, 6.45) is 1.59. The van der Waals surface area contributed by atoms with Crippen LogP contribution in [0.25, 0.3) is 0 Å². The highest BCUT2D eigenvalue weighted by Crippen LogP contribution is 2.21. The molecule has 0 aromatic heterocycles. The van der Waals surface area contributed by atoms with Gasteiger partial charge in [0, 0.05) is 6.08 Å². The van der Waals surface area contributed by atoms with Crippen molar-refractivity contribution in [3.05, 3.63) is 34.1 Å². The zero-order valence-corrected chi connectivity index (χ0v) is 13.5. The van der Waals surface area contributed by atoms with Crippen molar-refractivity contribution < 1.29 is 5.11 Å². The summed E-state index contributed by atoms with van der Waals surface area (Å²) >= 11 is 0. The zero-order chi connectivity index (χ0) is 14.1. The van der Waals surface area contributed by atoms with Gasteiger partial charge in [0.15, 0.2) is 0 Å². The van der Waals surface area contributed by atoms with Crippen molar-refractivity contribution >= 4 is 13.3 Å².